The van der Waals surface area contributed by atoms with Crippen molar-refractivity contribution in [2.24, 2.45) is 34.3 Å². The molecular formula is C30H63NO3. The molecule has 0 aliphatic heterocycles. The van der Waals surface area contributed by atoms with Gasteiger partial charge >= 0.3 is 0 Å². The van der Waals surface area contributed by atoms with Crippen LogP contribution >= 0.6 is 0 Å². The van der Waals surface area contributed by atoms with Crippen molar-refractivity contribution in [1.82, 2.24) is 0 Å². The van der Waals surface area contributed by atoms with Crippen LogP contribution in [0.5, 0.6) is 0 Å². The van der Waals surface area contributed by atoms with Gasteiger partial charge in [0.05, 0.1) is 30.0 Å². The molecule has 0 rings (SSSR count). The summed E-state index contributed by atoms with van der Waals surface area (Å²) < 4.78 is 19.4. The molecule has 2 N–H and O–H groups in total. The minimum atomic E-state index is -0.281. The van der Waals surface area contributed by atoms with E-state index in [1.54, 1.807) is 0 Å². The van der Waals surface area contributed by atoms with Gasteiger partial charge in [0.15, 0.2) is 0 Å². The largest absolute Gasteiger partial charge is 0.375 e. The van der Waals surface area contributed by atoms with Gasteiger partial charge in [0, 0.05) is 12.1 Å². The summed E-state index contributed by atoms with van der Waals surface area (Å²) in [7, 11) is 0. The predicted molar refractivity (Wildman–Crippen MR) is 148 cm³/mol. The number of hydrogen-bond donors (Lipinski definition) is 1. The third kappa shape index (κ3) is 10.1. The van der Waals surface area contributed by atoms with Crippen molar-refractivity contribution >= 4 is 0 Å². The first-order valence-electron chi connectivity index (χ1n) is 13.6. The highest BCUT2D eigenvalue weighted by Gasteiger charge is 2.44. The second-order valence-electron chi connectivity index (χ2n) is 14.8. The smallest absolute Gasteiger partial charge is 0.0680 e. The van der Waals surface area contributed by atoms with Crippen LogP contribution in [0.15, 0.2) is 0 Å². The Kier molecular flexibility index (Phi) is 11.9. The Morgan fingerprint density at radius 1 is 0.618 bits per heavy atom. The van der Waals surface area contributed by atoms with E-state index in [1.165, 1.54) is 0 Å². The van der Waals surface area contributed by atoms with Gasteiger partial charge in [-0.25, -0.2) is 0 Å². The van der Waals surface area contributed by atoms with Crippen LogP contribution in [-0.4, -0.2) is 42.2 Å². The zero-order valence-electron chi connectivity index (χ0n) is 26.1. The Balaban J connectivity index is 5.01. The molecule has 4 heteroatoms. The lowest BCUT2D eigenvalue weighted by atomic mass is 9.68. The predicted octanol–water partition coefficient (Wildman–Crippen LogP) is 7.87. The van der Waals surface area contributed by atoms with E-state index in [2.05, 4.69) is 111 Å². The van der Waals surface area contributed by atoms with E-state index in [-0.39, 0.29) is 39.1 Å². The Morgan fingerprint density at radius 3 is 1.53 bits per heavy atom. The first-order chi connectivity index (χ1) is 14.9. The molecule has 0 fully saturated rings. The highest BCUT2D eigenvalue weighted by Crippen LogP contribution is 2.43. The van der Waals surface area contributed by atoms with Gasteiger partial charge in [-0.2, -0.15) is 0 Å². The molecular weight excluding hydrogens is 422 g/mol. The van der Waals surface area contributed by atoms with E-state index in [9.17, 15) is 0 Å². The fourth-order valence-electron chi connectivity index (χ4n) is 3.99. The molecule has 0 heterocycles. The van der Waals surface area contributed by atoms with Gasteiger partial charge in [-0.1, -0.05) is 55.4 Å². The standard InChI is InChI=1S/C30H63NO3/c1-22(2)19-26(7,8)33-20-23(3)27(9,10)30(15,16)32-18-17-25(5,6)29(13,14)34-21-24(4)28(11,12)31/h22-24H,17-21,31H2,1-16H3. The third-order valence-corrected chi connectivity index (χ3v) is 9.19. The van der Waals surface area contributed by atoms with Crippen LogP contribution in [0.2, 0.25) is 0 Å². The van der Waals surface area contributed by atoms with Crippen LogP contribution in [0, 0.1) is 28.6 Å². The van der Waals surface area contributed by atoms with Gasteiger partial charge < -0.3 is 19.9 Å². The Hall–Kier alpha value is -0.160. The van der Waals surface area contributed by atoms with Crippen molar-refractivity contribution in [3.05, 3.63) is 0 Å². The molecule has 2 unspecified atom stereocenters. The lowest BCUT2D eigenvalue weighted by Crippen LogP contribution is -2.49. The Labute approximate surface area is 214 Å². The van der Waals surface area contributed by atoms with Crippen molar-refractivity contribution < 1.29 is 14.2 Å². The molecule has 0 amide bonds. The molecule has 0 aromatic rings. The molecule has 0 aliphatic carbocycles. The summed E-state index contributed by atoms with van der Waals surface area (Å²) >= 11 is 0. The molecule has 206 valence electrons. The molecule has 0 aliphatic rings. The van der Waals surface area contributed by atoms with Crippen LogP contribution in [0.3, 0.4) is 0 Å². The summed E-state index contributed by atoms with van der Waals surface area (Å²) in [5.41, 5.74) is 5.28. The molecule has 4 nitrogen and oxygen atoms in total. The molecule has 0 spiro atoms. The average Bonchev–Trinajstić information content (AvgIpc) is 2.61. The van der Waals surface area contributed by atoms with E-state index in [4.69, 9.17) is 19.9 Å². The summed E-state index contributed by atoms with van der Waals surface area (Å²) in [6, 6.07) is 0. The van der Waals surface area contributed by atoms with Crippen molar-refractivity contribution in [2.75, 3.05) is 19.8 Å². The summed E-state index contributed by atoms with van der Waals surface area (Å²) in [5, 5.41) is 0. The van der Waals surface area contributed by atoms with Crippen LogP contribution in [-0.2, 0) is 14.2 Å². The molecule has 0 aromatic heterocycles. The highest BCUT2D eigenvalue weighted by molar-refractivity contribution is 4.93. The maximum absolute atomic E-state index is 6.59. The van der Waals surface area contributed by atoms with E-state index < -0.39 is 0 Å². The van der Waals surface area contributed by atoms with Crippen LogP contribution < -0.4 is 5.73 Å². The first-order valence-corrected chi connectivity index (χ1v) is 13.6. The second-order valence-corrected chi connectivity index (χ2v) is 14.8. The minimum Gasteiger partial charge on any atom is -0.375 e. The van der Waals surface area contributed by atoms with Crippen molar-refractivity contribution in [2.45, 2.75) is 146 Å². The highest BCUT2D eigenvalue weighted by atomic mass is 16.5. The maximum Gasteiger partial charge on any atom is 0.0680 e. The number of hydrogen-bond acceptors (Lipinski definition) is 4. The normalized spacial score (nSPS) is 16.8. The number of ether oxygens (including phenoxy) is 3. The van der Waals surface area contributed by atoms with Crippen molar-refractivity contribution in [3.63, 3.8) is 0 Å². The van der Waals surface area contributed by atoms with E-state index in [1.807, 2.05) is 0 Å². The molecule has 34 heavy (non-hydrogen) atoms. The Morgan fingerprint density at radius 2 is 1.09 bits per heavy atom. The topological polar surface area (TPSA) is 53.7 Å². The van der Waals surface area contributed by atoms with Crippen molar-refractivity contribution in [1.29, 1.82) is 0 Å². The minimum absolute atomic E-state index is 0.0404. The molecule has 0 bridgehead atoms. The summed E-state index contributed by atoms with van der Waals surface area (Å²) in [6.07, 6.45) is 1.99. The molecule has 0 aromatic carbocycles. The average molecular weight is 486 g/mol. The molecule has 0 saturated carbocycles. The van der Waals surface area contributed by atoms with Crippen LogP contribution in [0.25, 0.3) is 0 Å². The van der Waals surface area contributed by atoms with E-state index in [0.29, 0.717) is 25.0 Å². The van der Waals surface area contributed by atoms with Gasteiger partial charge in [0.25, 0.3) is 0 Å². The zero-order chi connectivity index (χ0) is 27.4. The fraction of sp³-hybridized carbons (Fsp3) is 1.00. The fourth-order valence-corrected chi connectivity index (χ4v) is 3.99. The lowest BCUT2D eigenvalue weighted by molar-refractivity contribution is -0.159. The maximum atomic E-state index is 6.59. The van der Waals surface area contributed by atoms with Gasteiger partial charge in [0.2, 0.25) is 0 Å². The van der Waals surface area contributed by atoms with E-state index >= 15 is 0 Å². The second kappa shape index (κ2) is 11.9. The number of rotatable bonds is 16. The summed E-state index contributed by atoms with van der Waals surface area (Å²) in [4.78, 5) is 0. The molecule has 0 saturated heterocycles. The van der Waals surface area contributed by atoms with Gasteiger partial charge in [0.1, 0.15) is 0 Å². The van der Waals surface area contributed by atoms with Crippen LogP contribution in [0.4, 0.5) is 0 Å². The van der Waals surface area contributed by atoms with Gasteiger partial charge in [-0.3, -0.25) is 0 Å². The van der Waals surface area contributed by atoms with Gasteiger partial charge in [-0.15, -0.1) is 0 Å². The van der Waals surface area contributed by atoms with Crippen molar-refractivity contribution in [3.8, 4) is 0 Å². The molecule has 2 atom stereocenters. The summed E-state index contributed by atoms with van der Waals surface area (Å²) in [6.45, 7) is 37.6. The first kappa shape index (κ1) is 33.8. The van der Waals surface area contributed by atoms with Gasteiger partial charge in [-0.05, 0) is 96.8 Å². The third-order valence-electron chi connectivity index (χ3n) is 9.19. The summed E-state index contributed by atoms with van der Waals surface area (Å²) in [5.74, 6) is 1.27. The Bertz CT molecular complexity index is 597. The SMILES string of the molecule is CC(C)CC(C)(C)OCC(C)C(C)(C)C(C)(C)OCCC(C)(C)C(C)(C)OCC(C)C(C)(C)N. The monoisotopic (exact) mass is 485 g/mol. The molecule has 0 radical (unpaired) electrons. The quantitative estimate of drug-likeness (QED) is 0.242. The lowest BCUT2D eigenvalue weighted by Gasteiger charge is -2.47. The van der Waals surface area contributed by atoms with Crippen LogP contribution in [0.1, 0.15) is 124 Å². The van der Waals surface area contributed by atoms with E-state index in [0.717, 1.165) is 19.4 Å². The zero-order valence-corrected chi connectivity index (χ0v) is 26.1. The number of nitrogens with two attached hydrogens (primary N) is 1.